The lowest BCUT2D eigenvalue weighted by Gasteiger charge is -2.39. The molecule has 60 heavy (non-hydrogen) atoms. The number of carbonyl (C=O) groups excluding carboxylic acids is 1. The molecule has 314 valence electrons. The third-order valence-electron chi connectivity index (χ3n) is 11.7. The fourth-order valence-corrected chi connectivity index (χ4v) is 9.17. The lowest BCUT2D eigenvalue weighted by molar-refractivity contribution is -0.384. The van der Waals surface area contributed by atoms with Crippen molar-refractivity contribution in [2.24, 2.45) is 10.8 Å². The van der Waals surface area contributed by atoms with E-state index in [1.165, 1.54) is 41.1 Å². The molecule has 0 bridgehead atoms. The topological polar surface area (TPSA) is 172 Å². The Labute approximate surface area is 354 Å². The fourth-order valence-electron chi connectivity index (χ4n) is 8.06. The molecule has 1 aliphatic carbocycles. The summed E-state index contributed by atoms with van der Waals surface area (Å²) >= 11 is 6.23. The largest absolute Gasteiger partial charge is 0.455 e. The van der Waals surface area contributed by atoms with Gasteiger partial charge in [-0.25, -0.2) is 18.1 Å². The molecular weight excluding hydrogens is 806 g/mol. The van der Waals surface area contributed by atoms with E-state index in [1.54, 1.807) is 24.4 Å². The third kappa shape index (κ3) is 9.14. The molecule has 3 aromatic carbocycles. The number of piperazine rings is 1. The highest BCUT2D eigenvalue weighted by Crippen LogP contribution is 2.43. The summed E-state index contributed by atoms with van der Waals surface area (Å²) in [6.07, 6.45) is 6.47. The van der Waals surface area contributed by atoms with Gasteiger partial charge in [-0.15, -0.1) is 0 Å². The quantitative estimate of drug-likeness (QED) is 0.0769. The van der Waals surface area contributed by atoms with E-state index in [9.17, 15) is 23.3 Å². The summed E-state index contributed by atoms with van der Waals surface area (Å²) in [5, 5.41) is 16.6. The monoisotopic (exact) mass is 853 g/mol. The van der Waals surface area contributed by atoms with Gasteiger partial charge in [0.2, 0.25) is 0 Å². The Bertz CT molecular complexity index is 2580. The Balaban J connectivity index is 1.01. The van der Waals surface area contributed by atoms with Crippen molar-refractivity contribution in [3.63, 3.8) is 0 Å². The van der Waals surface area contributed by atoms with Crippen LogP contribution in [0.3, 0.4) is 0 Å². The number of fused-ring (bicyclic) bond motifs is 1. The minimum absolute atomic E-state index is 0.0410. The maximum absolute atomic E-state index is 13.9. The molecule has 2 aliphatic heterocycles. The molecule has 4 heterocycles. The van der Waals surface area contributed by atoms with Gasteiger partial charge in [0.15, 0.2) is 0 Å². The van der Waals surface area contributed by atoms with Gasteiger partial charge in [0.05, 0.1) is 34.8 Å². The number of hydrogen-bond acceptors (Lipinski definition) is 11. The number of anilines is 2. The van der Waals surface area contributed by atoms with E-state index in [0.717, 1.165) is 74.1 Å². The van der Waals surface area contributed by atoms with Crippen molar-refractivity contribution in [3.05, 3.63) is 117 Å². The Morgan fingerprint density at radius 1 is 1.02 bits per heavy atom. The number of allylic oxidation sites excluding steroid dienone is 1. The average molecular weight is 854 g/mol. The molecule has 3 N–H and O–H groups in total. The molecule has 3 aliphatic rings. The SMILES string of the molecule is CC1(C)CCC(CN2CCN(c3ccc(C(=O)NS(=O)(=O)c4ccc(NCC5(C)COC5)c([N+](=O)[O-])c4)c(Oc4cnc5[nH]ccc5c4)c3)CC2)=C(c2ccc(Cl)cc2)C1. The number of rotatable bonds is 13. The smallest absolute Gasteiger partial charge is 0.293 e. The molecule has 1 amide bonds. The second-order valence-corrected chi connectivity index (χ2v) is 19.2. The number of nitro benzene ring substituents is 1. The molecule has 5 aromatic rings. The first-order valence-electron chi connectivity index (χ1n) is 20.0. The summed E-state index contributed by atoms with van der Waals surface area (Å²) in [4.78, 5) is 37.0. The predicted octanol–water partition coefficient (Wildman–Crippen LogP) is 8.27. The number of H-pyrrole nitrogens is 1. The van der Waals surface area contributed by atoms with Crippen LogP contribution in [0.2, 0.25) is 5.02 Å². The minimum Gasteiger partial charge on any atom is -0.455 e. The Hall–Kier alpha value is -5.48. The van der Waals surface area contributed by atoms with E-state index in [-0.39, 0.29) is 27.8 Å². The molecule has 14 nitrogen and oxygen atoms in total. The van der Waals surface area contributed by atoms with Crippen molar-refractivity contribution in [3.8, 4) is 11.5 Å². The zero-order valence-electron chi connectivity index (χ0n) is 33.8. The first kappa shape index (κ1) is 41.3. The average Bonchev–Trinajstić information content (AvgIpc) is 3.68. The highest BCUT2D eigenvalue weighted by atomic mass is 35.5. The zero-order valence-corrected chi connectivity index (χ0v) is 35.4. The van der Waals surface area contributed by atoms with Crippen LogP contribution in [-0.2, 0) is 14.8 Å². The number of hydrogen-bond donors (Lipinski definition) is 3. The van der Waals surface area contributed by atoms with Gasteiger partial charge in [-0.3, -0.25) is 19.8 Å². The molecule has 2 aromatic heterocycles. The summed E-state index contributed by atoms with van der Waals surface area (Å²) in [7, 11) is -4.56. The maximum Gasteiger partial charge on any atom is 0.293 e. The van der Waals surface area contributed by atoms with Crippen LogP contribution < -0.4 is 19.7 Å². The number of nitrogens with one attached hydrogen (secondary N) is 3. The van der Waals surface area contributed by atoms with Crippen LogP contribution in [0.5, 0.6) is 11.5 Å². The van der Waals surface area contributed by atoms with E-state index >= 15 is 0 Å². The molecule has 8 rings (SSSR count). The number of pyridine rings is 1. The summed E-state index contributed by atoms with van der Waals surface area (Å²) in [5.74, 6) is -0.483. The van der Waals surface area contributed by atoms with Crippen molar-refractivity contribution in [1.82, 2.24) is 19.6 Å². The number of nitrogens with zero attached hydrogens (tertiary/aromatic N) is 4. The van der Waals surface area contributed by atoms with Gasteiger partial charge in [-0.2, -0.15) is 0 Å². The number of carbonyl (C=O) groups is 1. The standard InChI is InChI=1S/C44H48ClN7O7S/c1-43(2)14-12-31(37(23-43)29-4-6-32(45)7-5-29)25-50-16-18-51(19-17-50)33-8-10-36(40(21-33)59-34-20-30-13-15-46-41(30)47-24-34)42(53)49-60(56,57)35-9-11-38(39(22-35)52(54)55)48-26-44(3)27-58-28-44/h4-11,13,15,20-22,24,48H,12,14,16-19,23,25-28H2,1-3H3,(H,46,47)(H,49,53). The van der Waals surface area contributed by atoms with E-state index < -0.39 is 31.4 Å². The van der Waals surface area contributed by atoms with Crippen molar-refractivity contribution < 1.29 is 27.6 Å². The molecule has 0 radical (unpaired) electrons. The molecule has 0 saturated carbocycles. The van der Waals surface area contributed by atoms with Gasteiger partial charge in [-0.1, -0.05) is 50.1 Å². The van der Waals surface area contributed by atoms with E-state index in [1.807, 2.05) is 25.1 Å². The van der Waals surface area contributed by atoms with Crippen molar-refractivity contribution in [2.75, 3.05) is 62.7 Å². The lowest BCUT2D eigenvalue weighted by atomic mass is 9.72. The van der Waals surface area contributed by atoms with Gasteiger partial charge in [0.1, 0.15) is 22.8 Å². The minimum atomic E-state index is -4.56. The van der Waals surface area contributed by atoms with Crippen LogP contribution >= 0.6 is 11.6 Å². The number of amides is 1. The molecule has 0 unspecified atom stereocenters. The van der Waals surface area contributed by atoms with Crippen LogP contribution in [-0.4, -0.2) is 86.6 Å². The van der Waals surface area contributed by atoms with E-state index in [2.05, 4.69) is 55.8 Å². The maximum atomic E-state index is 13.9. The van der Waals surface area contributed by atoms with Gasteiger partial charge < -0.3 is 24.7 Å². The molecular formula is C44H48ClN7O7S. The van der Waals surface area contributed by atoms with Crippen molar-refractivity contribution in [1.29, 1.82) is 0 Å². The summed E-state index contributed by atoms with van der Waals surface area (Å²) in [5.41, 5.74) is 5.30. The van der Waals surface area contributed by atoms with Gasteiger partial charge in [0, 0.05) is 79.1 Å². The van der Waals surface area contributed by atoms with Crippen LogP contribution in [0.15, 0.2) is 95.7 Å². The zero-order chi connectivity index (χ0) is 42.2. The van der Waals surface area contributed by atoms with Crippen LogP contribution in [0.4, 0.5) is 17.1 Å². The number of sulfonamides is 1. The van der Waals surface area contributed by atoms with Crippen LogP contribution in [0.25, 0.3) is 16.6 Å². The number of benzene rings is 3. The number of nitro groups is 1. The second kappa shape index (κ2) is 16.5. The first-order chi connectivity index (χ1) is 28.6. The van der Waals surface area contributed by atoms with Gasteiger partial charge in [-0.05, 0) is 84.3 Å². The summed E-state index contributed by atoms with van der Waals surface area (Å²) in [6, 6.07) is 20.3. The fraction of sp³-hybridized carbons (Fsp3) is 0.364. The second-order valence-electron chi connectivity index (χ2n) is 17.1. The summed E-state index contributed by atoms with van der Waals surface area (Å²) in [6.45, 7) is 12.0. The highest BCUT2D eigenvalue weighted by Gasteiger charge is 2.34. The number of aromatic amines is 1. The van der Waals surface area contributed by atoms with Crippen LogP contribution in [0, 0.1) is 20.9 Å². The number of halogens is 1. The van der Waals surface area contributed by atoms with E-state index in [4.69, 9.17) is 21.1 Å². The lowest BCUT2D eigenvalue weighted by Crippen LogP contribution is -2.47. The first-order valence-corrected chi connectivity index (χ1v) is 21.9. The summed E-state index contributed by atoms with van der Waals surface area (Å²) < 4.78 is 40.9. The molecule has 0 spiro atoms. The normalized spacial score (nSPS) is 17.9. The number of aromatic nitrogens is 2. The van der Waals surface area contributed by atoms with Gasteiger partial charge >= 0.3 is 0 Å². The predicted molar refractivity (Wildman–Crippen MR) is 232 cm³/mol. The van der Waals surface area contributed by atoms with E-state index in [0.29, 0.717) is 31.2 Å². The Morgan fingerprint density at radius 3 is 2.50 bits per heavy atom. The molecule has 2 saturated heterocycles. The molecule has 0 atom stereocenters. The Morgan fingerprint density at radius 2 is 1.78 bits per heavy atom. The van der Waals surface area contributed by atoms with Crippen molar-refractivity contribution >= 4 is 61.2 Å². The van der Waals surface area contributed by atoms with Crippen molar-refractivity contribution in [2.45, 2.75) is 44.9 Å². The van der Waals surface area contributed by atoms with Gasteiger partial charge in [0.25, 0.3) is 21.6 Å². The molecule has 2 fully saturated rings. The third-order valence-corrected chi connectivity index (χ3v) is 13.2. The highest BCUT2D eigenvalue weighted by molar-refractivity contribution is 7.90. The number of ether oxygens (including phenoxy) is 2. The molecule has 16 heteroatoms. The Kier molecular flexibility index (Phi) is 11.4. The van der Waals surface area contributed by atoms with Crippen LogP contribution in [0.1, 0.15) is 56.0 Å².